The fraction of sp³-hybridized carbons (Fsp3) is 0.400. The van der Waals surface area contributed by atoms with Crippen LogP contribution in [-0.4, -0.2) is 40.8 Å². The van der Waals surface area contributed by atoms with Crippen LogP contribution in [-0.2, 0) is 9.84 Å². The van der Waals surface area contributed by atoms with Crippen LogP contribution in [0.2, 0.25) is 0 Å². The Balaban J connectivity index is 1.99. The molecule has 11 heteroatoms. The van der Waals surface area contributed by atoms with E-state index < -0.39 is 14.8 Å². The zero-order valence-electron chi connectivity index (χ0n) is 10.9. The molecular formula is C10H11N3O5S3. The maximum atomic E-state index is 11.4. The Morgan fingerprint density at radius 3 is 2.81 bits per heavy atom. The van der Waals surface area contributed by atoms with Gasteiger partial charge >= 0.3 is 5.88 Å². The fourth-order valence-corrected chi connectivity index (χ4v) is 4.48. The van der Waals surface area contributed by atoms with Gasteiger partial charge in [0.15, 0.2) is 24.9 Å². The minimum absolute atomic E-state index is 0.0787. The standard InChI is InChI=1S/C10H11N3O5S3/c1-2-21(16,17)6-5-19-10-12-11-9(20-10)7-3-4-8(18-7)13(14)15/h3-4H,2,5-6H2,1H3. The smallest absolute Gasteiger partial charge is 0.398 e. The Kier molecular flexibility index (Phi) is 4.96. The molecular weight excluding hydrogens is 338 g/mol. The summed E-state index contributed by atoms with van der Waals surface area (Å²) in [5.74, 6) is 0.499. The minimum Gasteiger partial charge on any atom is -0.398 e. The normalized spacial score (nSPS) is 11.7. The Bertz CT molecular complexity index is 737. The number of hydrogen-bond donors (Lipinski definition) is 0. The topological polar surface area (TPSA) is 116 Å². The van der Waals surface area contributed by atoms with Crippen molar-refractivity contribution in [1.82, 2.24) is 10.2 Å². The molecule has 0 saturated heterocycles. The van der Waals surface area contributed by atoms with Crippen molar-refractivity contribution in [2.45, 2.75) is 11.3 Å². The van der Waals surface area contributed by atoms with Gasteiger partial charge in [-0.2, -0.15) is 0 Å². The van der Waals surface area contributed by atoms with E-state index in [1.807, 2.05) is 0 Å². The van der Waals surface area contributed by atoms with Gasteiger partial charge in [-0.15, -0.1) is 10.2 Å². The second-order valence-electron chi connectivity index (χ2n) is 3.85. The average molecular weight is 349 g/mol. The third-order valence-corrected chi connectivity index (χ3v) is 6.49. The number of furan rings is 1. The molecule has 2 aromatic heterocycles. The second-order valence-corrected chi connectivity index (χ2v) is 8.65. The molecule has 0 N–H and O–H groups in total. The molecule has 0 fully saturated rings. The summed E-state index contributed by atoms with van der Waals surface area (Å²) in [5, 5.41) is 18.7. The van der Waals surface area contributed by atoms with Crippen LogP contribution in [0.1, 0.15) is 6.92 Å². The molecule has 2 heterocycles. The van der Waals surface area contributed by atoms with Crippen LogP contribution in [0.4, 0.5) is 5.88 Å². The van der Waals surface area contributed by atoms with E-state index in [9.17, 15) is 18.5 Å². The second kappa shape index (κ2) is 6.54. The summed E-state index contributed by atoms with van der Waals surface area (Å²) in [7, 11) is -3.00. The Labute approximate surface area is 128 Å². The van der Waals surface area contributed by atoms with Gasteiger partial charge in [0, 0.05) is 11.5 Å². The molecule has 2 rings (SSSR count). The lowest BCUT2D eigenvalue weighted by atomic mass is 10.5. The Morgan fingerprint density at radius 1 is 1.43 bits per heavy atom. The van der Waals surface area contributed by atoms with Gasteiger partial charge in [-0.05, 0) is 6.07 Å². The van der Waals surface area contributed by atoms with Crippen LogP contribution < -0.4 is 0 Å². The predicted octanol–water partition coefficient (Wildman–Crippen LogP) is 2.23. The SMILES string of the molecule is CCS(=O)(=O)CCSc1nnc(-c2ccc([N+](=O)[O-])o2)s1. The average Bonchev–Trinajstić information content (AvgIpc) is 3.06. The predicted molar refractivity (Wildman–Crippen MR) is 79.3 cm³/mol. The number of aromatic nitrogens is 2. The molecule has 2 aromatic rings. The summed E-state index contributed by atoms with van der Waals surface area (Å²) in [4.78, 5) is 9.90. The highest BCUT2D eigenvalue weighted by Crippen LogP contribution is 2.32. The molecule has 0 bridgehead atoms. The van der Waals surface area contributed by atoms with E-state index in [1.165, 1.54) is 35.2 Å². The molecule has 0 radical (unpaired) electrons. The van der Waals surface area contributed by atoms with Gasteiger partial charge in [0.2, 0.25) is 0 Å². The summed E-state index contributed by atoms with van der Waals surface area (Å²) in [5.41, 5.74) is 0. The maximum Gasteiger partial charge on any atom is 0.433 e. The van der Waals surface area contributed by atoms with Crippen LogP contribution in [0.5, 0.6) is 0 Å². The molecule has 0 unspecified atom stereocenters. The van der Waals surface area contributed by atoms with Crippen molar-refractivity contribution >= 4 is 38.8 Å². The third-order valence-electron chi connectivity index (χ3n) is 2.45. The molecule has 0 spiro atoms. The van der Waals surface area contributed by atoms with E-state index in [2.05, 4.69) is 10.2 Å². The minimum atomic E-state index is -3.00. The molecule has 0 amide bonds. The molecule has 0 aliphatic carbocycles. The largest absolute Gasteiger partial charge is 0.433 e. The highest BCUT2D eigenvalue weighted by molar-refractivity contribution is 8.02. The number of hydrogen-bond acceptors (Lipinski definition) is 9. The lowest BCUT2D eigenvalue weighted by Crippen LogP contribution is -2.10. The zero-order valence-corrected chi connectivity index (χ0v) is 13.3. The first-order chi connectivity index (χ1) is 9.91. The van der Waals surface area contributed by atoms with Gasteiger partial charge in [0.25, 0.3) is 0 Å². The molecule has 0 aliphatic heterocycles. The number of thioether (sulfide) groups is 1. The van der Waals surface area contributed by atoms with E-state index in [-0.39, 0.29) is 23.2 Å². The van der Waals surface area contributed by atoms with Gasteiger partial charge in [-0.25, -0.2) is 8.42 Å². The number of rotatable bonds is 7. The lowest BCUT2D eigenvalue weighted by molar-refractivity contribution is -0.401. The molecule has 114 valence electrons. The van der Waals surface area contributed by atoms with E-state index in [0.717, 1.165) is 0 Å². The first-order valence-corrected chi connectivity index (χ1v) is 9.45. The summed E-state index contributed by atoms with van der Waals surface area (Å²) in [6.45, 7) is 1.60. The van der Waals surface area contributed by atoms with E-state index in [4.69, 9.17) is 4.42 Å². The Morgan fingerprint density at radius 2 is 2.19 bits per heavy atom. The van der Waals surface area contributed by atoms with Crippen molar-refractivity contribution in [2.75, 3.05) is 17.3 Å². The summed E-state index contributed by atoms with van der Waals surface area (Å²) < 4.78 is 28.3. The van der Waals surface area contributed by atoms with Crippen molar-refractivity contribution in [3.05, 3.63) is 22.2 Å². The quantitative estimate of drug-likeness (QED) is 0.424. The number of nitro groups is 1. The van der Waals surface area contributed by atoms with Crippen molar-refractivity contribution in [3.8, 4) is 10.8 Å². The first-order valence-electron chi connectivity index (χ1n) is 5.82. The first kappa shape index (κ1) is 15.9. The Hall–Kier alpha value is -1.46. The van der Waals surface area contributed by atoms with E-state index >= 15 is 0 Å². The molecule has 0 atom stereocenters. The maximum absolute atomic E-state index is 11.4. The van der Waals surface area contributed by atoms with E-state index in [0.29, 0.717) is 15.1 Å². The summed E-state index contributed by atoms with van der Waals surface area (Å²) >= 11 is 2.48. The van der Waals surface area contributed by atoms with Crippen molar-refractivity contribution in [1.29, 1.82) is 0 Å². The number of sulfone groups is 1. The molecule has 0 saturated carbocycles. The van der Waals surface area contributed by atoms with E-state index in [1.54, 1.807) is 6.92 Å². The number of nitrogens with zero attached hydrogens (tertiary/aromatic N) is 3. The lowest BCUT2D eigenvalue weighted by Gasteiger charge is -1.98. The van der Waals surface area contributed by atoms with Gasteiger partial charge in [0.1, 0.15) is 4.92 Å². The summed E-state index contributed by atoms with van der Waals surface area (Å²) in [6, 6.07) is 2.70. The monoisotopic (exact) mass is 349 g/mol. The van der Waals surface area contributed by atoms with Crippen molar-refractivity contribution in [3.63, 3.8) is 0 Å². The molecule has 0 aliphatic rings. The fourth-order valence-electron chi connectivity index (χ4n) is 1.31. The van der Waals surface area contributed by atoms with Crippen LogP contribution in [0.15, 0.2) is 20.9 Å². The highest BCUT2D eigenvalue weighted by atomic mass is 32.2. The van der Waals surface area contributed by atoms with Crippen LogP contribution in [0.25, 0.3) is 10.8 Å². The van der Waals surface area contributed by atoms with Gasteiger partial charge < -0.3 is 4.42 Å². The molecule has 21 heavy (non-hydrogen) atoms. The third kappa shape index (κ3) is 4.25. The molecule has 8 nitrogen and oxygen atoms in total. The van der Waals surface area contributed by atoms with Gasteiger partial charge in [-0.1, -0.05) is 30.0 Å². The van der Waals surface area contributed by atoms with Crippen LogP contribution >= 0.6 is 23.1 Å². The van der Waals surface area contributed by atoms with Gasteiger partial charge in [0.05, 0.1) is 11.8 Å². The highest BCUT2D eigenvalue weighted by Gasteiger charge is 2.17. The van der Waals surface area contributed by atoms with Crippen LogP contribution in [0, 0.1) is 10.1 Å². The van der Waals surface area contributed by atoms with Crippen molar-refractivity contribution in [2.24, 2.45) is 0 Å². The molecule has 0 aromatic carbocycles. The van der Waals surface area contributed by atoms with Crippen LogP contribution in [0.3, 0.4) is 0 Å². The van der Waals surface area contributed by atoms with Crippen molar-refractivity contribution < 1.29 is 17.8 Å². The van der Waals surface area contributed by atoms with Gasteiger partial charge in [-0.3, -0.25) is 10.1 Å². The zero-order chi connectivity index (χ0) is 15.5. The summed E-state index contributed by atoms with van der Waals surface area (Å²) in [6.07, 6.45) is 0.